The van der Waals surface area contributed by atoms with Crippen LogP contribution in [0.5, 0.6) is 0 Å². The van der Waals surface area contributed by atoms with E-state index in [1.54, 1.807) is 46.7 Å². The van der Waals surface area contributed by atoms with Gasteiger partial charge >= 0.3 is 0 Å². The van der Waals surface area contributed by atoms with E-state index < -0.39 is 0 Å². The van der Waals surface area contributed by atoms with E-state index in [0.29, 0.717) is 29.7 Å². The summed E-state index contributed by atoms with van der Waals surface area (Å²) in [6, 6.07) is 11.0. The molecule has 1 aliphatic rings. The third-order valence-corrected chi connectivity index (χ3v) is 6.68. The van der Waals surface area contributed by atoms with Crippen LogP contribution in [0.4, 0.5) is 5.69 Å². The number of aromatic nitrogens is 5. The van der Waals surface area contributed by atoms with E-state index in [1.165, 1.54) is 0 Å². The number of imidazole rings is 1. The summed E-state index contributed by atoms with van der Waals surface area (Å²) in [6.07, 6.45) is 5.64. The number of hydrogen-bond donors (Lipinski definition) is 1. The molecule has 1 aromatic carbocycles. The second-order valence-corrected chi connectivity index (χ2v) is 8.38. The standard InChI is InChI=1S/C22H15N7OS/c1-23-13-6-9-29-17(10-13)14(11-26-29)22(30)28-8-7-16-19(25-12-24-16)20(28)21-27-15-4-2-3-5-18(15)31-21/h2-6,9-12,20H,7-8H2,(H,24,25)/t20-/m0/s1. The van der Waals surface area contributed by atoms with Crippen LogP contribution in [0.2, 0.25) is 0 Å². The van der Waals surface area contributed by atoms with E-state index in [0.717, 1.165) is 26.6 Å². The topological polar surface area (TPSA) is 83.5 Å². The molecule has 150 valence electrons. The molecule has 1 aliphatic heterocycles. The fourth-order valence-electron chi connectivity index (χ4n) is 4.11. The van der Waals surface area contributed by atoms with Crippen LogP contribution < -0.4 is 0 Å². The second-order valence-electron chi connectivity index (χ2n) is 7.32. The number of nitrogens with one attached hydrogen (secondary N) is 1. The first kappa shape index (κ1) is 17.8. The highest BCUT2D eigenvalue weighted by atomic mass is 32.1. The van der Waals surface area contributed by atoms with Gasteiger partial charge in [-0.3, -0.25) is 4.79 Å². The van der Waals surface area contributed by atoms with Crippen LogP contribution in [0, 0.1) is 6.57 Å². The molecule has 0 unspecified atom stereocenters. The van der Waals surface area contributed by atoms with Crippen molar-refractivity contribution in [3.05, 3.63) is 88.5 Å². The van der Waals surface area contributed by atoms with Gasteiger partial charge in [-0.25, -0.2) is 19.3 Å². The van der Waals surface area contributed by atoms with Crippen molar-refractivity contribution in [2.75, 3.05) is 6.54 Å². The number of pyridine rings is 1. The van der Waals surface area contributed by atoms with Gasteiger partial charge in [0, 0.05) is 24.9 Å². The number of thiazole rings is 1. The highest BCUT2D eigenvalue weighted by molar-refractivity contribution is 7.18. The maximum atomic E-state index is 13.7. The number of amides is 1. The Bertz CT molecular complexity index is 1470. The zero-order valence-electron chi connectivity index (χ0n) is 16.2. The van der Waals surface area contributed by atoms with Crippen molar-refractivity contribution < 1.29 is 4.79 Å². The van der Waals surface area contributed by atoms with Gasteiger partial charge in [-0.2, -0.15) is 5.10 Å². The summed E-state index contributed by atoms with van der Waals surface area (Å²) in [7, 11) is 0. The van der Waals surface area contributed by atoms with Crippen molar-refractivity contribution in [2.45, 2.75) is 12.5 Å². The van der Waals surface area contributed by atoms with Crippen molar-refractivity contribution >= 4 is 38.7 Å². The Labute approximate surface area is 180 Å². The first-order chi connectivity index (χ1) is 15.2. The molecular weight excluding hydrogens is 410 g/mol. The molecule has 31 heavy (non-hydrogen) atoms. The van der Waals surface area contributed by atoms with Crippen LogP contribution >= 0.6 is 11.3 Å². The van der Waals surface area contributed by atoms with Gasteiger partial charge in [0.25, 0.3) is 5.91 Å². The highest BCUT2D eigenvalue weighted by Crippen LogP contribution is 2.38. The smallest absolute Gasteiger partial charge is 0.258 e. The minimum absolute atomic E-state index is 0.143. The molecule has 8 nitrogen and oxygen atoms in total. The van der Waals surface area contributed by atoms with Crippen LogP contribution in [-0.4, -0.2) is 41.9 Å². The highest BCUT2D eigenvalue weighted by Gasteiger charge is 2.37. The average molecular weight is 425 g/mol. The first-order valence-electron chi connectivity index (χ1n) is 9.76. The third-order valence-electron chi connectivity index (χ3n) is 5.59. The summed E-state index contributed by atoms with van der Waals surface area (Å²) in [6.45, 7) is 7.82. The SMILES string of the molecule is [C-]#[N+]c1ccn2ncc(C(=O)N3CCc4[nH]cnc4[C@H]3c3nc4ccccc4s3)c2c1. The van der Waals surface area contributed by atoms with Gasteiger partial charge in [0.15, 0.2) is 5.69 Å². The Morgan fingerprint density at radius 3 is 3.06 bits per heavy atom. The fraction of sp³-hybridized carbons (Fsp3) is 0.136. The van der Waals surface area contributed by atoms with Gasteiger partial charge in [-0.05, 0) is 24.3 Å². The molecule has 0 radical (unpaired) electrons. The Morgan fingerprint density at radius 1 is 1.29 bits per heavy atom. The quantitative estimate of drug-likeness (QED) is 0.433. The predicted octanol–water partition coefficient (Wildman–Crippen LogP) is 4.01. The molecule has 6 rings (SSSR count). The van der Waals surface area contributed by atoms with Gasteiger partial charge in [0.1, 0.15) is 11.0 Å². The summed E-state index contributed by atoms with van der Waals surface area (Å²) in [5.41, 5.74) is 4.33. The van der Waals surface area contributed by atoms with Crippen molar-refractivity contribution in [2.24, 2.45) is 0 Å². The molecule has 9 heteroatoms. The molecule has 0 saturated heterocycles. The zero-order valence-corrected chi connectivity index (χ0v) is 17.0. The molecule has 0 fully saturated rings. The van der Waals surface area contributed by atoms with E-state index in [1.807, 2.05) is 29.2 Å². The van der Waals surface area contributed by atoms with Gasteiger partial charge in [0.2, 0.25) is 0 Å². The Morgan fingerprint density at radius 2 is 2.19 bits per heavy atom. The van der Waals surface area contributed by atoms with Crippen LogP contribution in [0.1, 0.15) is 32.8 Å². The zero-order chi connectivity index (χ0) is 20.9. The van der Waals surface area contributed by atoms with E-state index in [4.69, 9.17) is 11.6 Å². The molecule has 1 atom stereocenters. The van der Waals surface area contributed by atoms with E-state index in [-0.39, 0.29) is 11.9 Å². The molecule has 4 aromatic heterocycles. The molecule has 1 amide bonds. The minimum Gasteiger partial charge on any atom is -0.348 e. The Hall–Kier alpha value is -4.03. The maximum absolute atomic E-state index is 13.7. The number of para-hydroxylation sites is 1. The Kier molecular flexibility index (Phi) is 3.88. The van der Waals surface area contributed by atoms with E-state index >= 15 is 0 Å². The van der Waals surface area contributed by atoms with Crippen molar-refractivity contribution in [1.82, 2.24) is 29.5 Å². The van der Waals surface area contributed by atoms with Crippen LogP contribution in [-0.2, 0) is 6.42 Å². The first-order valence-corrected chi connectivity index (χ1v) is 10.6. The van der Waals surface area contributed by atoms with Gasteiger partial charge in [-0.1, -0.05) is 12.1 Å². The number of fused-ring (bicyclic) bond motifs is 3. The number of aromatic amines is 1. The largest absolute Gasteiger partial charge is 0.348 e. The van der Waals surface area contributed by atoms with Gasteiger partial charge < -0.3 is 9.88 Å². The summed E-state index contributed by atoms with van der Waals surface area (Å²) >= 11 is 1.58. The van der Waals surface area contributed by atoms with E-state index in [9.17, 15) is 4.79 Å². The number of H-pyrrole nitrogens is 1. The molecule has 5 heterocycles. The molecule has 0 spiro atoms. The number of carbonyl (C=O) groups excluding carboxylic acids is 1. The van der Waals surface area contributed by atoms with Crippen LogP contribution in [0.15, 0.2) is 55.1 Å². The lowest BCUT2D eigenvalue weighted by Gasteiger charge is -2.33. The maximum Gasteiger partial charge on any atom is 0.258 e. The van der Waals surface area contributed by atoms with E-state index in [2.05, 4.69) is 19.9 Å². The van der Waals surface area contributed by atoms with Crippen LogP contribution in [0.3, 0.4) is 0 Å². The minimum atomic E-state index is -0.376. The molecule has 0 aliphatic carbocycles. The van der Waals surface area contributed by atoms with Crippen LogP contribution in [0.25, 0.3) is 20.6 Å². The average Bonchev–Trinajstić information content (AvgIpc) is 3.54. The normalized spacial score (nSPS) is 15.8. The monoisotopic (exact) mass is 425 g/mol. The second kappa shape index (κ2) is 6.75. The third kappa shape index (κ3) is 2.73. The molecule has 5 aromatic rings. The number of rotatable bonds is 2. The molecule has 1 N–H and O–H groups in total. The molecular formula is C22H15N7OS. The van der Waals surface area contributed by atoms with Gasteiger partial charge in [0.05, 0.1) is 46.1 Å². The van der Waals surface area contributed by atoms with Crippen molar-refractivity contribution in [3.8, 4) is 0 Å². The summed E-state index contributed by atoms with van der Waals surface area (Å²) in [5, 5.41) is 5.14. The summed E-state index contributed by atoms with van der Waals surface area (Å²) in [5.74, 6) is -0.143. The molecule has 0 bridgehead atoms. The lowest BCUT2D eigenvalue weighted by atomic mass is 10.0. The van der Waals surface area contributed by atoms with Crippen molar-refractivity contribution in [3.63, 3.8) is 0 Å². The lowest BCUT2D eigenvalue weighted by molar-refractivity contribution is 0.0692. The summed E-state index contributed by atoms with van der Waals surface area (Å²) in [4.78, 5) is 31.6. The number of benzene rings is 1. The number of nitrogens with zero attached hydrogens (tertiary/aromatic N) is 6. The van der Waals surface area contributed by atoms with Crippen molar-refractivity contribution in [1.29, 1.82) is 0 Å². The molecule has 0 saturated carbocycles. The number of hydrogen-bond acceptors (Lipinski definition) is 5. The lowest BCUT2D eigenvalue weighted by Crippen LogP contribution is -2.40. The summed E-state index contributed by atoms with van der Waals surface area (Å²) < 4.78 is 2.70. The predicted molar refractivity (Wildman–Crippen MR) is 116 cm³/mol. The fourth-order valence-corrected chi connectivity index (χ4v) is 5.20. The Balaban J connectivity index is 1.49. The van der Waals surface area contributed by atoms with Gasteiger partial charge in [-0.15, -0.1) is 11.3 Å². The number of carbonyl (C=O) groups is 1.